The summed E-state index contributed by atoms with van der Waals surface area (Å²) in [7, 11) is 0. The summed E-state index contributed by atoms with van der Waals surface area (Å²) in [5.41, 5.74) is 14.1. The maximum absolute atomic E-state index is 12.3. The molecule has 4 heteroatoms. The lowest BCUT2D eigenvalue weighted by Crippen LogP contribution is -2.13. The van der Waals surface area contributed by atoms with Crippen LogP contribution < -0.4 is 16.2 Å². The predicted molar refractivity (Wildman–Crippen MR) is 106 cm³/mol. The zero-order valence-corrected chi connectivity index (χ0v) is 15.4. The molecule has 1 aliphatic carbocycles. The van der Waals surface area contributed by atoms with Gasteiger partial charge in [0.1, 0.15) is 5.75 Å². The zero-order valence-electron chi connectivity index (χ0n) is 15.4. The molecule has 2 aromatic carbocycles. The molecule has 0 bridgehead atoms. The highest BCUT2D eigenvalue weighted by Crippen LogP contribution is 2.37. The number of hydrogen-bond acceptors (Lipinski definition) is 4. The molecule has 1 aliphatic rings. The number of rotatable bonds is 5. The van der Waals surface area contributed by atoms with Gasteiger partial charge in [0.15, 0.2) is 0 Å². The van der Waals surface area contributed by atoms with Crippen LogP contribution in [0.2, 0.25) is 0 Å². The van der Waals surface area contributed by atoms with Crippen LogP contribution in [0.15, 0.2) is 42.5 Å². The Labute approximate surface area is 155 Å². The number of esters is 1. The first-order chi connectivity index (χ1) is 12.5. The molecular formula is C22H28N2O2. The molecule has 0 heterocycles. The maximum atomic E-state index is 12.3. The average molecular weight is 352 g/mol. The normalized spacial score (nSPS) is 19.9. The number of hydrogen-bond donors (Lipinski definition) is 2. The van der Waals surface area contributed by atoms with E-state index in [1.54, 1.807) is 18.2 Å². The molecule has 0 amide bonds. The molecule has 3 rings (SSSR count). The Morgan fingerprint density at radius 2 is 1.62 bits per heavy atom. The van der Waals surface area contributed by atoms with Crippen LogP contribution in [0.3, 0.4) is 0 Å². The van der Waals surface area contributed by atoms with E-state index in [0.717, 1.165) is 5.92 Å². The van der Waals surface area contributed by atoms with Crippen LogP contribution in [-0.2, 0) is 0 Å². The van der Waals surface area contributed by atoms with Gasteiger partial charge in [-0.05, 0) is 73.4 Å². The van der Waals surface area contributed by atoms with Crippen LogP contribution in [0.25, 0.3) is 0 Å². The largest absolute Gasteiger partial charge is 0.423 e. The van der Waals surface area contributed by atoms with Gasteiger partial charge in [0.25, 0.3) is 0 Å². The third-order valence-corrected chi connectivity index (χ3v) is 5.32. The molecule has 0 spiro atoms. The Morgan fingerprint density at radius 3 is 2.19 bits per heavy atom. The average Bonchev–Trinajstić information content (AvgIpc) is 2.62. The van der Waals surface area contributed by atoms with Crippen molar-refractivity contribution in [1.29, 1.82) is 0 Å². The van der Waals surface area contributed by atoms with E-state index < -0.39 is 5.97 Å². The summed E-state index contributed by atoms with van der Waals surface area (Å²) in [6.45, 7) is 2.27. The maximum Gasteiger partial charge on any atom is 0.343 e. The van der Waals surface area contributed by atoms with Crippen molar-refractivity contribution < 1.29 is 9.53 Å². The van der Waals surface area contributed by atoms with Crippen LogP contribution in [0.1, 0.15) is 67.3 Å². The van der Waals surface area contributed by atoms with Crippen LogP contribution in [0, 0.1) is 5.92 Å². The number of ether oxygens (including phenoxy) is 1. The van der Waals surface area contributed by atoms with Crippen LogP contribution in [-0.4, -0.2) is 5.97 Å². The zero-order chi connectivity index (χ0) is 18.5. The van der Waals surface area contributed by atoms with Crippen molar-refractivity contribution in [3.63, 3.8) is 0 Å². The highest BCUT2D eigenvalue weighted by Gasteiger charge is 2.21. The van der Waals surface area contributed by atoms with E-state index in [1.807, 2.05) is 12.1 Å². The molecular weight excluding hydrogens is 324 g/mol. The van der Waals surface area contributed by atoms with Gasteiger partial charge in [-0.2, -0.15) is 0 Å². The molecule has 1 fully saturated rings. The molecule has 4 nitrogen and oxygen atoms in total. The summed E-state index contributed by atoms with van der Waals surface area (Å²) in [4.78, 5) is 12.3. The Bertz CT molecular complexity index is 727. The Morgan fingerprint density at radius 1 is 1.00 bits per heavy atom. The van der Waals surface area contributed by atoms with Crippen LogP contribution in [0.5, 0.6) is 5.75 Å². The number of benzene rings is 2. The Balaban J connectivity index is 1.60. The fourth-order valence-electron chi connectivity index (χ4n) is 3.96. The first-order valence-electron chi connectivity index (χ1n) is 9.53. The lowest BCUT2D eigenvalue weighted by atomic mass is 9.77. The van der Waals surface area contributed by atoms with Crippen molar-refractivity contribution in [2.24, 2.45) is 5.92 Å². The summed E-state index contributed by atoms with van der Waals surface area (Å²) < 4.78 is 5.45. The third-order valence-electron chi connectivity index (χ3n) is 5.32. The molecule has 0 unspecified atom stereocenters. The van der Waals surface area contributed by atoms with Gasteiger partial charge in [-0.25, -0.2) is 4.79 Å². The molecule has 0 atom stereocenters. The molecule has 0 saturated heterocycles. The molecule has 26 heavy (non-hydrogen) atoms. The smallest absolute Gasteiger partial charge is 0.343 e. The first-order valence-corrected chi connectivity index (χ1v) is 9.53. The number of nitrogen functional groups attached to an aromatic ring is 2. The van der Waals surface area contributed by atoms with E-state index in [-0.39, 0.29) is 0 Å². The Hall–Kier alpha value is -2.49. The second-order valence-corrected chi connectivity index (χ2v) is 7.35. The minimum absolute atomic E-state index is 0.362. The second kappa shape index (κ2) is 8.26. The van der Waals surface area contributed by atoms with Gasteiger partial charge in [-0.1, -0.05) is 31.9 Å². The van der Waals surface area contributed by atoms with E-state index in [9.17, 15) is 4.79 Å². The van der Waals surface area contributed by atoms with Crippen molar-refractivity contribution in [3.05, 3.63) is 53.6 Å². The summed E-state index contributed by atoms with van der Waals surface area (Å²) in [6.07, 6.45) is 7.81. The van der Waals surface area contributed by atoms with Gasteiger partial charge in [0, 0.05) is 11.4 Å². The minimum Gasteiger partial charge on any atom is -0.423 e. The molecule has 2 aromatic rings. The quantitative estimate of drug-likeness (QED) is 0.443. The third kappa shape index (κ3) is 4.57. The second-order valence-electron chi connectivity index (χ2n) is 7.35. The molecule has 0 aromatic heterocycles. The number of carbonyl (C=O) groups is 1. The minimum atomic E-state index is -0.447. The lowest BCUT2D eigenvalue weighted by Gasteiger charge is -2.28. The fourth-order valence-corrected chi connectivity index (χ4v) is 3.96. The number of carbonyl (C=O) groups excluding carboxylic acids is 1. The van der Waals surface area contributed by atoms with E-state index in [1.165, 1.54) is 44.1 Å². The van der Waals surface area contributed by atoms with E-state index in [0.29, 0.717) is 28.6 Å². The highest BCUT2D eigenvalue weighted by molar-refractivity contribution is 5.93. The van der Waals surface area contributed by atoms with Crippen molar-refractivity contribution in [3.8, 4) is 5.75 Å². The van der Waals surface area contributed by atoms with E-state index >= 15 is 0 Å². The van der Waals surface area contributed by atoms with Gasteiger partial charge in [-0.15, -0.1) is 0 Å². The summed E-state index contributed by atoms with van der Waals surface area (Å²) in [5, 5.41) is 0. The first kappa shape index (κ1) is 18.3. The van der Waals surface area contributed by atoms with Gasteiger partial charge in [0.2, 0.25) is 0 Å². The van der Waals surface area contributed by atoms with Crippen LogP contribution in [0.4, 0.5) is 11.4 Å². The SMILES string of the molecule is CCCC1CCC(c2ccc(OC(=O)c3cc(N)cc(N)c3)cc2)CC1. The van der Waals surface area contributed by atoms with E-state index in [2.05, 4.69) is 19.1 Å². The monoisotopic (exact) mass is 352 g/mol. The van der Waals surface area contributed by atoms with Crippen molar-refractivity contribution in [1.82, 2.24) is 0 Å². The van der Waals surface area contributed by atoms with E-state index in [4.69, 9.17) is 16.2 Å². The van der Waals surface area contributed by atoms with Crippen molar-refractivity contribution >= 4 is 17.3 Å². The van der Waals surface area contributed by atoms with Crippen molar-refractivity contribution in [2.75, 3.05) is 11.5 Å². The van der Waals surface area contributed by atoms with Gasteiger partial charge in [0.05, 0.1) is 5.56 Å². The summed E-state index contributed by atoms with van der Waals surface area (Å²) in [6, 6.07) is 12.7. The fraction of sp³-hybridized carbons (Fsp3) is 0.409. The summed E-state index contributed by atoms with van der Waals surface area (Å²) in [5.74, 6) is 1.63. The Kier molecular flexibility index (Phi) is 5.82. The van der Waals surface area contributed by atoms with Gasteiger partial charge >= 0.3 is 5.97 Å². The summed E-state index contributed by atoms with van der Waals surface area (Å²) >= 11 is 0. The topological polar surface area (TPSA) is 78.3 Å². The lowest BCUT2D eigenvalue weighted by molar-refractivity contribution is 0.0735. The molecule has 0 aliphatic heterocycles. The van der Waals surface area contributed by atoms with Crippen LogP contribution >= 0.6 is 0 Å². The van der Waals surface area contributed by atoms with Crippen molar-refractivity contribution in [2.45, 2.75) is 51.4 Å². The molecule has 1 saturated carbocycles. The van der Waals surface area contributed by atoms with Gasteiger partial charge < -0.3 is 16.2 Å². The molecule has 0 radical (unpaired) electrons. The molecule has 138 valence electrons. The number of nitrogens with two attached hydrogens (primary N) is 2. The number of anilines is 2. The molecule has 4 N–H and O–H groups in total. The predicted octanol–water partition coefficient (Wildman–Crippen LogP) is 5.14. The highest BCUT2D eigenvalue weighted by atomic mass is 16.5. The van der Waals surface area contributed by atoms with Gasteiger partial charge in [-0.3, -0.25) is 0 Å². The standard InChI is InChI=1S/C22H28N2O2/c1-2-3-15-4-6-16(7-5-15)17-8-10-21(11-9-17)26-22(25)18-12-19(23)14-20(24)13-18/h8-16H,2-7,23-24H2,1H3.